The van der Waals surface area contributed by atoms with E-state index >= 15 is 0 Å². The van der Waals surface area contributed by atoms with Crippen molar-refractivity contribution in [1.82, 2.24) is 0 Å². The highest BCUT2D eigenvalue weighted by molar-refractivity contribution is 9.10. The number of rotatable bonds is 4. The van der Waals surface area contributed by atoms with Gasteiger partial charge < -0.3 is 4.74 Å². The summed E-state index contributed by atoms with van der Waals surface area (Å²) in [6.07, 6.45) is 0. The summed E-state index contributed by atoms with van der Waals surface area (Å²) in [7, 11) is 0. The molecule has 104 valence electrons. The molecule has 4 nitrogen and oxygen atoms in total. The van der Waals surface area contributed by atoms with Gasteiger partial charge >= 0.3 is 0 Å². The molecule has 0 aliphatic rings. The maximum Gasteiger partial charge on any atom is 0.273 e. The average molecular weight is 401 g/mol. The first kappa shape index (κ1) is 15.0. The normalized spacial score (nSPS) is 10.3. The molecule has 2 rings (SSSR count). The third-order valence-electron chi connectivity index (χ3n) is 2.71. The number of alkyl halides is 1. The SMILES string of the molecule is Cc1ccc(Oc2ccc([N+](=O)[O-])c(CBr)c2)c(Br)c1. The van der Waals surface area contributed by atoms with E-state index in [2.05, 4.69) is 31.9 Å². The van der Waals surface area contributed by atoms with Crippen LogP contribution in [0.15, 0.2) is 40.9 Å². The lowest BCUT2D eigenvalue weighted by Gasteiger charge is -2.09. The van der Waals surface area contributed by atoms with E-state index in [9.17, 15) is 10.1 Å². The Hall–Kier alpha value is -1.40. The summed E-state index contributed by atoms with van der Waals surface area (Å²) in [5.41, 5.74) is 1.78. The van der Waals surface area contributed by atoms with Gasteiger partial charge in [-0.15, -0.1) is 0 Å². The maximum absolute atomic E-state index is 10.9. The summed E-state index contributed by atoms with van der Waals surface area (Å²) < 4.78 is 6.59. The maximum atomic E-state index is 10.9. The van der Waals surface area contributed by atoms with Gasteiger partial charge in [0.15, 0.2) is 0 Å². The molecule has 0 saturated carbocycles. The van der Waals surface area contributed by atoms with Crippen molar-refractivity contribution in [2.24, 2.45) is 0 Å². The Balaban J connectivity index is 2.32. The first-order valence-corrected chi connectivity index (χ1v) is 7.70. The molecule has 0 aliphatic heterocycles. The van der Waals surface area contributed by atoms with Crippen molar-refractivity contribution in [1.29, 1.82) is 0 Å². The third-order valence-corrected chi connectivity index (χ3v) is 3.93. The van der Waals surface area contributed by atoms with Crippen molar-refractivity contribution < 1.29 is 9.66 Å². The zero-order chi connectivity index (χ0) is 14.7. The molecule has 0 atom stereocenters. The van der Waals surface area contributed by atoms with Crippen LogP contribution in [0, 0.1) is 17.0 Å². The number of hydrogen-bond acceptors (Lipinski definition) is 3. The molecule has 2 aromatic carbocycles. The Morgan fingerprint density at radius 2 is 2.00 bits per heavy atom. The molecule has 0 aromatic heterocycles. The van der Waals surface area contributed by atoms with Gasteiger partial charge in [-0.25, -0.2) is 0 Å². The minimum absolute atomic E-state index is 0.0807. The smallest absolute Gasteiger partial charge is 0.273 e. The van der Waals surface area contributed by atoms with Crippen molar-refractivity contribution in [2.45, 2.75) is 12.3 Å². The Bertz CT molecular complexity index is 659. The summed E-state index contributed by atoms with van der Waals surface area (Å²) in [5, 5.41) is 11.3. The Morgan fingerprint density at radius 3 is 2.60 bits per heavy atom. The topological polar surface area (TPSA) is 52.4 Å². The Morgan fingerprint density at radius 1 is 1.25 bits per heavy atom. The van der Waals surface area contributed by atoms with E-state index in [0.29, 0.717) is 22.4 Å². The van der Waals surface area contributed by atoms with Crippen molar-refractivity contribution in [3.05, 3.63) is 62.1 Å². The van der Waals surface area contributed by atoms with Crippen LogP contribution >= 0.6 is 31.9 Å². The van der Waals surface area contributed by atoms with Gasteiger partial charge in [0, 0.05) is 17.0 Å². The average Bonchev–Trinajstić information content (AvgIpc) is 2.41. The van der Waals surface area contributed by atoms with Crippen LogP contribution in [-0.2, 0) is 5.33 Å². The molecule has 2 aromatic rings. The standard InChI is InChI=1S/C14H11Br2NO3/c1-9-2-5-14(12(16)6-9)20-11-3-4-13(17(18)19)10(7-11)8-15/h2-7H,8H2,1H3. The molecule has 0 heterocycles. The van der Waals surface area contributed by atoms with Crippen LogP contribution < -0.4 is 4.74 Å². The fraction of sp³-hybridized carbons (Fsp3) is 0.143. The molecule has 0 saturated heterocycles. The highest BCUT2D eigenvalue weighted by Gasteiger charge is 2.14. The van der Waals surface area contributed by atoms with Crippen molar-refractivity contribution in [2.75, 3.05) is 0 Å². The highest BCUT2D eigenvalue weighted by atomic mass is 79.9. The van der Waals surface area contributed by atoms with Crippen LogP contribution in [0.2, 0.25) is 0 Å². The number of nitro groups is 1. The summed E-state index contributed by atoms with van der Waals surface area (Å²) in [6.45, 7) is 1.99. The molecule has 0 spiro atoms. The van der Waals surface area contributed by atoms with Gasteiger partial charge in [0.25, 0.3) is 5.69 Å². The van der Waals surface area contributed by atoms with E-state index in [4.69, 9.17) is 4.74 Å². The second kappa shape index (κ2) is 6.37. The molecular weight excluding hydrogens is 390 g/mol. The van der Waals surface area contributed by atoms with Crippen molar-refractivity contribution in [3.63, 3.8) is 0 Å². The predicted octanol–water partition coefficient (Wildman–Crippen LogP) is 5.35. The first-order chi connectivity index (χ1) is 9.51. The minimum atomic E-state index is -0.401. The summed E-state index contributed by atoms with van der Waals surface area (Å²) >= 11 is 6.69. The van der Waals surface area contributed by atoms with Crippen LogP contribution in [0.3, 0.4) is 0 Å². The Labute approximate surface area is 133 Å². The highest BCUT2D eigenvalue weighted by Crippen LogP contribution is 2.33. The number of nitrogens with zero attached hydrogens (tertiary/aromatic N) is 1. The van der Waals surface area contributed by atoms with Crippen LogP contribution in [-0.4, -0.2) is 4.92 Å². The quantitative estimate of drug-likeness (QED) is 0.394. The van der Waals surface area contributed by atoms with Gasteiger partial charge in [-0.3, -0.25) is 10.1 Å². The second-order valence-electron chi connectivity index (χ2n) is 4.22. The van der Waals surface area contributed by atoms with E-state index in [0.717, 1.165) is 10.0 Å². The summed E-state index contributed by atoms with van der Waals surface area (Å²) in [6, 6.07) is 10.5. The third kappa shape index (κ3) is 3.37. The van der Waals surface area contributed by atoms with Gasteiger partial charge in [0.2, 0.25) is 0 Å². The predicted molar refractivity (Wildman–Crippen MR) is 84.7 cm³/mol. The van der Waals surface area contributed by atoms with E-state index in [-0.39, 0.29) is 5.69 Å². The Kier molecular flexibility index (Phi) is 4.77. The van der Waals surface area contributed by atoms with Crippen molar-refractivity contribution >= 4 is 37.5 Å². The van der Waals surface area contributed by atoms with Crippen molar-refractivity contribution in [3.8, 4) is 11.5 Å². The largest absolute Gasteiger partial charge is 0.456 e. The molecule has 6 heteroatoms. The summed E-state index contributed by atoms with van der Waals surface area (Å²) in [4.78, 5) is 10.5. The zero-order valence-electron chi connectivity index (χ0n) is 10.6. The zero-order valence-corrected chi connectivity index (χ0v) is 13.8. The lowest BCUT2D eigenvalue weighted by Crippen LogP contribution is -1.94. The van der Waals surface area contributed by atoms with E-state index in [1.165, 1.54) is 6.07 Å². The fourth-order valence-electron chi connectivity index (χ4n) is 1.73. The lowest BCUT2D eigenvalue weighted by atomic mass is 10.2. The van der Waals surface area contributed by atoms with E-state index < -0.39 is 4.92 Å². The molecular formula is C14H11Br2NO3. The lowest BCUT2D eigenvalue weighted by molar-refractivity contribution is -0.385. The molecule has 0 unspecified atom stereocenters. The number of benzene rings is 2. The van der Waals surface area contributed by atoms with Gasteiger partial charge in [0.05, 0.1) is 9.40 Å². The fourth-order valence-corrected chi connectivity index (χ4v) is 2.75. The number of aryl methyl sites for hydroxylation is 1. The van der Waals surface area contributed by atoms with E-state index in [1.807, 2.05) is 25.1 Å². The monoisotopic (exact) mass is 399 g/mol. The van der Waals surface area contributed by atoms with Crippen LogP contribution in [0.4, 0.5) is 5.69 Å². The molecule has 20 heavy (non-hydrogen) atoms. The molecule has 0 N–H and O–H groups in total. The van der Waals surface area contributed by atoms with Gasteiger partial charge in [-0.1, -0.05) is 22.0 Å². The van der Waals surface area contributed by atoms with E-state index in [1.54, 1.807) is 12.1 Å². The molecule has 0 fully saturated rings. The second-order valence-corrected chi connectivity index (χ2v) is 5.63. The minimum Gasteiger partial charge on any atom is -0.456 e. The number of ether oxygens (including phenoxy) is 1. The van der Waals surface area contributed by atoms with Crippen LogP contribution in [0.5, 0.6) is 11.5 Å². The van der Waals surface area contributed by atoms with Crippen LogP contribution in [0.25, 0.3) is 0 Å². The molecule has 0 aliphatic carbocycles. The number of halogens is 2. The molecule has 0 amide bonds. The van der Waals surface area contributed by atoms with Gasteiger partial charge in [0.1, 0.15) is 11.5 Å². The molecule has 0 bridgehead atoms. The number of nitro benzene ring substituents is 1. The number of hydrogen-bond donors (Lipinski definition) is 0. The van der Waals surface area contributed by atoms with Gasteiger partial charge in [-0.2, -0.15) is 0 Å². The van der Waals surface area contributed by atoms with Gasteiger partial charge in [-0.05, 0) is 52.7 Å². The summed E-state index contributed by atoms with van der Waals surface area (Å²) in [5.74, 6) is 1.24. The first-order valence-electron chi connectivity index (χ1n) is 5.78. The van der Waals surface area contributed by atoms with Crippen LogP contribution in [0.1, 0.15) is 11.1 Å². The molecule has 0 radical (unpaired) electrons.